The average molecular weight is 352 g/mol. The van der Waals surface area contributed by atoms with Crippen molar-refractivity contribution in [3.05, 3.63) is 34.0 Å². The molecule has 2 heterocycles. The Morgan fingerprint density at radius 2 is 2.19 bits per heavy atom. The Morgan fingerprint density at radius 1 is 1.43 bits per heavy atom. The van der Waals surface area contributed by atoms with Gasteiger partial charge in [0.25, 0.3) is 5.91 Å². The van der Waals surface area contributed by atoms with E-state index in [1.54, 1.807) is 6.07 Å². The van der Waals surface area contributed by atoms with Crippen molar-refractivity contribution in [2.45, 2.75) is 25.8 Å². The van der Waals surface area contributed by atoms with E-state index in [0.29, 0.717) is 25.0 Å². The molecule has 1 saturated heterocycles. The van der Waals surface area contributed by atoms with Gasteiger partial charge in [-0.1, -0.05) is 15.9 Å². The summed E-state index contributed by atoms with van der Waals surface area (Å²) < 4.78 is 6.56. The van der Waals surface area contributed by atoms with E-state index in [2.05, 4.69) is 15.9 Å². The number of carboxylic acid groups (broad SMARTS) is 1. The maximum atomic E-state index is 12.6. The molecular formula is C15H14BrNO4. The Labute approximate surface area is 129 Å². The number of hydrogen-bond acceptors (Lipinski definition) is 3. The van der Waals surface area contributed by atoms with Gasteiger partial charge in [0.1, 0.15) is 11.6 Å². The van der Waals surface area contributed by atoms with Crippen molar-refractivity contribution in [1.29, 1.82) is 0 Å². The van der Waals surface area contributed by atoms with Crippen LogP contribution in [0.5, 0.6) is 0 Å². The molecule has 110 valence electrons. The molecule has 1 aliphatic rings. The lowest BCUT2D eigenvalue weighted by Gasteiger charge is -2.20. The molecule has 1 unspecified atom stereocenters. The van der Waals surface area contributed by atoms with Crippen LogP contribution in [0.15, 0.2) is 27.1 Å². The number of carbonyl (C=O) groups is 2. The maximum Gasteiger partial charge on any atom is 0.326 e. The maximum absolute atomic E-state index is 12.6. The van der Waals surface area contributed by atoms with Crippen molar-refractivity contribution >= 4 is 38.8 Å². The van der Waals surface area contributed by atoms with Crippen molar-refractivity contribution in [2.75, 3.05) is 6.54 Å². The molecule has 1 atom stereocenters. The second-order valence-corrected chi connectivity index (χ2v) is 6.11. The van der Waals surface area contributed by atoms with E-state index in [0.717, 1.165) is 15.4 Å². The molecule has 6 heteroatoms. The smallest absolute Gasteiger partial charge is 0.326 e. The fraction of sp³-hybridized carbons (Fsp3) is 0.333. The number of aryl methyl sites for hydroxylation is 1. The van der Waals surface area contributed by atoms with Crippen LogP contribution < -0.4 is 0 Å². The first-order chi connectivity index (χ1) is 9.99. The summed E-state index contributed by atoms with van der Waals surface area (Å²) in [6, 6.07) is 4.78. The highest BCUT2D eigenvalue weighted by atomic mass is 79.9. The summed E-state index contributed by atoms with van der Waals surface area (Å²) in [6.45, 7) is 2.27. The predicted octanol–water partition coefficient (Wildman–Crippen LogP) is 3.19. The van der Waals surface area contributed by atoms with E-state index in [1.165, 1.54) is 4.90 Å². The van der Waals surface area contributed by atoms with E-state index in [4.69, 9.17) is 4.42 Å². The summed E-state index contributed by atoms with van der Waals surface area (Å²) in [6.07, 6.45) is 1.19. The van der Waals surface area contributed by atoms with Crippen molar-refractivity contribution in [3.8, 4) is 0 Å². The quantitative estimate of drug-likeness (QED) is 0.901. The first kappa shape index (κ1) is 14.1. The molecule has 0 saturated carbocycles. The zero-order chi connectivity index (χ0) is 15.1. The highest BCUT2D eigenvalue weighted by Gasteiger charge is 2.36. The Morgan fingerprint density at radius 3 is 2.90 bits per heavy atom. The highest BCUT2D eigenvalue weighted by Crippen LogP contribution is 2.30. The molecule has 0 bridgehead atoms. The van der Waals surface area contributed by atoms with Gasteiger partial charge in [0, 0.05) is 22.0 Å². The minimum Gasteiger partial charge on any atom is -0.480 e. The lowest BCUT2D eigenvalue weighted by atomic mass is 10.1. The summed E-state index contributed by atoms with van der Waals surface area (Å²) in [5.41, 5.74) is 1.37. The molecule has 21 heavy (non-hydrogen) atoms. The average Bonchev–Trinajstić information content (AvgIpc) is 3.04. The second kappa shape index (κ2) is 5.18. The SMILES string of the molecule is Cc1c(C(=O)N2CCCC2C(=O)O)oc2ccc(Br)cc12. The van der Waals surface area contributed by atoms with Crippen LogP contribution in [0.25, 0.3) is 11.0 Å². The number of hydrogen-bond donors (Lipinski definition) is 1. The van der Waals surface area contributed by atoms with Gasteiger partial charge in [0.2, 0.25) is 0 Å². The van der Waals surface area contributed by atoms with E-state index < -0.39 is 12.0 Å². The minimum atomic E-state index is -0.961. The van der Waals surface area contributed by atoms with Gasteiger partial charge in [-0.25, -0.2) is 4.79 Å². The largest absolute Gasteiger partial charge is 0.480 e. The Balaban J connectivity index is 2.02. The van der Waals surface area contributed by atoms with Crippen molar-refractivity contribution in [2.24, 2.45) is 0 Å². The third kappa shape index (κ3) is 2.33. The van der Waals surface area contributed by atoms with Crippen LogP contribution >= 0.6 is 15.9 Å². The number of amides is 1. The monoisotopic (exact) mass is 351 g/mol. The Bertz CT molecular complexity index is 737. The van der Waals surface area contributed by atoms with Crippen molar-refractivity contribution in [3.63, 3.8) is 0 Å². The first-order valence-electron chi connectivity index (χ1n) is 6.71. The van der Waals surface area contributed by atoms with E-state index in [1.807, 2.05) is 19.1 Å². The molecule has 1 fully saturated rings. The highest BCUT2D eigenvalue weighted by molar-refractivity contribution is 9.10. The molecule has 1 aromatic carbocycles. The van der Waals surface area contributed by atoms with Crippen molar-refractivity contribution in [1.82, 2.24) is 4.90 Å². The van der Waals surface area contributed by atoms with Gasteiger partial charge >= 0.3 is 5.97 Å². The van der Waals surface area contributed by atoms with Crippen molar-refractivity contribution < 1.29 is 19.1 Å². The molecule has 0 aliphatic carbocycles. The van der Waals surface area contributed by atoms with Gasteiger partial charge in [0.05, 0.1) is 0 Å². The predicted molar refractivity (Wildman–Crippen MR) is 80.3 cm³/mol. The topological polar surface area (TPSA) is 70.8 Å². The van der Waals surface area contributed by atoms with Crippen LogP contribution in [0, 0.1) is 6.92 Å². The van der Waals surface area contributed by atoms with Crippen LogP contribution in [-0.2, 0) is 4.79 Å². The molecule has 1 aliphatic heterocycles. The zero-order valence-electron chi connectivity index (χ0n) is 11.4. The second-order valence-electron chi connectivity index (χ2n) is 5.19. The van der Waals surface area contributed by atoms with Crippen LogP contribution in [0.3, 0.4) is 0 Å². The number of fused-ring (bicyclic) bond motifs is 1. The number of nitrogens with zero attached hydrogens (tertiary/aromatic N) is 1. The Hall–Kier alpha value is -1.82. The number of carboxylic acids is 1. The van der Waals surface area contributed by atoms with Gasteiger partial charge < -0.3 is 14.4 Å². The molecule has 1 aromatic heterocycles. The third-order valence-electron chi connectivity index (χ3n) is 3.89. The van der Waals surface area contributed by atoms with Gasteiger partial charge in [-0.15, -0.1) is 0 Å². The molecule has 0 radical (unpaired) electrons. The lowest BCUT2D eigenvalue weighted by molar-refractivity contribution is -0.141. The number of benzene rings is 1. The van der Waals surface area contributed by atoms with E-state index in [-0.39, 0.29) is 11.7 Å². The molecule has 3 rings (SSSR count). The fourth-order valence-electron chi connectivity index (χ4n) is 2.79. The summed E-state index contributed by atoms with van der Waals surface area (Å²) in [5, 5.41) is 10.1. The van der Waals surface area contributed by atoms with E-state index in [9.17, 15) is 14.7 Å². The fourth-order valence-corrected chi connectivity index (χ4v) is 3.16. The first-order valence-corrected chi connectivity index (χ1v) is 7.51. The number of aliphatic carboxylic acids is 1. The van der Waals surface area contributed by atoms with Gasteiger partial charge in [0.15, 0.2) is 5.76 Å². The van der Waals surface area contributed by atoms with Crippen LogP contribution in [0.1, 0.15) is 29.0 Å². The standard InChI is InChI=1S/C15H14BrNO4/c1-8-10-7-9(16)4-5-12(10)21-13(8)14(18)17-6-2-3-11(17)15(19)20/h4-5,7,11H,2-3,6H2,1H3,(H,19,20). The van der Waals surface area contributed by atoms with Crippen LogP contribution in [0.2, 0.25) is 0 Å². The molecule has 1 amide bonds. The number of rotatable bonds is 2. The summed E-state index contributed by atoms with van der Waals surface area (Å²) in [7, 11) is 0. The van der Waals surface area contributed by atoms with Gasteiger partial charge in [-0.05, 0) is 38.0 Å². The minimum absolute atomic E-state index is 0.233. The van der Waals surface area contributed by atoms with Crippen LogP contribution in [0.4, 0.5) is 0 Å². The number of carbonyl (C=O) groups excluding carboxylic acids is 1. The third-order valence-corrected chi connectivity index (χ3v) is 4.38. The number of likely N-dealkylation sites (tertiary alicyclic amines) is 1. The summed E-state index contributed by atoms with van der Waals surface area (Å²) >= 11 is 3.39. The zero-order valence-corrected chi connectivity index (χ0v) is 13.0. The van der Waals surface area contributed by atoms with Gasteiger partial charge in [-0.3, -0.25) is 4.79 Å². The summed E-state index contributed by atoms with van der Waals surface area (Å²) in [4.78, 5) is 25.2. The molecule has 1 N–H and O–H groups in total. The normalized spacial score (nSPS) is 18.4. The van der Waals surface area contributed by atoms with E-state index >= 15 is 0 Å². The molecular weight excluding hydrogens is 338 g/mol. The lowest BCUT2D eigenvalue weighted by Crippen LogP contribution is -2.40. The summed E-state index contributed by atoms with van der Waals surface area (Å²) in [5.74, 6) is -1.07. The Kier molecular flexibility index (Phi) is 3.49. The molecule has 2 aromatic rings. The molecule has 5 nitrogen and oxygen atoms in total. The van der Waals surface area contributed by atoms with Crippen LogP contribution in [-0.4, -0.2) is 34.5 Å². The number of halogens is 1. The molecule has 0 spiro atoms. The number of furan rings is 1. The van der Waals surface area contributed by atoms with Gasteiger partial charge in [-0.2, -0.15) is 0 Å².